The van der Waals surface area contributed by atoms with Crippen LogP contribution in [0.25, 0.3) is 10.9 Å². The summed E-state index contributed by atoms with van der Waals surface area (Å²) in [6.45, 7) is 12.1. The Hall–Kier alpha value is -4.55. The predicted molar refractivity (Wildman–Crippen MR) is 175 cm³/mol. The highest BCUT2D eigenvalue weighted by atomic mass is 28.4. The topological polar surface area (TPSA) is 142 Å². The van der Waals surface area contributed by atoms with Gasteiger partial charge < -0.3 is 24.6 Å². The van der Waals surface area contributed by atoms with Crippen LogP contribution in [0.4, 0.5) is 5.69 Å². The van der Waals surface area contributed by atoms with Gasteiger partial charge in [-0.15, -0.1) is 0 Å². The number of aryl methyl sites for hydroxylation is 1. The molecule has 0 saturated heterocycles. The van der Waals surface area contributed by atoms with Crippen LogP contribution < -0.4 is 11.1 Å². The van der Waals surface area contributed by atoms with Gasteiger partial charge in [0.2, 0.25) is 5.91 Å². The lowest BCUT2D eigenvalue weighted by molar-refractivity contribution is -0.116. The van der Waals surface area contributed by atoms with Gasteiger partial charge in [0, 0.05) is 37.6 Å². The van der Waals surface area contributed by atoms with E-state index in [0.717, 1.165) is 15.8 Å². The van der Waals surface area contributed by atoms with E-state index in [2.05, 4.69) is 48.7 Å². The zero-order valence-electron chi connectivity index (χ0n) is 26.4. The molecule has 45 heavy (non-hydrogen) atoms. The number of nitrogens with one attached hydrogen (secondary N) is 1. The third-order valence-electron chi connectivity index (χ3n) is 8.92. The standard InChI is InChI=1S/C33H40N6O5Si/c1-33(2,3)45(4,5)44-20-24(38-19-27(30(34)41)35-21-38)13-16-37-15-12-22-10-11-23(18-28(22)37)36-29(40)14-17-39-31(42)25-8-6-7-9-26(25)32(39)43/h6-12,15,18-19,21,24H,13-14,16-17,20H2,1-5H3,(H2,34,41)(H,36,40). The number of imidazole rings is 1. The Morgan fingerprint density at radius 3 is 2.33 bits per heavy atom. The smallest absolute Gasteiger partial charge is 0.268 e. The van der Waals surface area contributed by atoms with Gasteiger partial charge in [0.1, 0.15) is 5.69 Å². The number of anilines is 1. The first kappa shape index (κ1) is 31.9. The molecule has 5 rings (SSSR count). The van der Waals surface area contributed by atoms with E-state index in [0.29, 0.717) is 36.4 Å². The number of imide groups is 1. The molecule has 0 fully saturated rings. The van der Waals surface area contributed by atoms with Crippen LogP contribution in [0.5, 0.6) is 0 Å². The number of rotatable bonds is 12. The average molecular weight is 629 g/mol. The van der Waals surface area contributed by atoms with E-state index in [1.165, 1.54) is 0 Å². The Balaban J connectivity index is 1.25. The second-order valence-electron chi connectivity index (χ2n) is 13.0. The summed E-state index contributed by atoms with van der Waals surface area (Å²) >= 11 is 0. The van der Waals surface area contributed by atoms with Crippen molar-refractivity contribution in [2.24, 2.45) is 5.73 Å². The van der Waals surface area contributed by atoms with Crippen LogP contribution in [0, 0.1) is 0 Å². The van der Waals surface area contributed by atoms with E-state index in [1.807, 2.05) is 35.0 Å². The fraction of sp³-hybridized carbons (Fsp3) is 0.364. The Morgan fingerprint density at radius 1 is 1.02 bits per heavy atom. The quantitative estimate of drug-likeness (QED) is 0.163. The molecule has 1 aliphatic rings. The number of primary amides is 1. The lowest BCUT2D eigenvalue weighted by Gasteiger charge is -2.37. The Labute approximate surface area is 263 Å². The molecule has 2 aromatic carbocycles. The highest BCUT2D eigenvalue weighted by Gasteiger charge is 2.38. The van der Waals surface area contributed by atoms with Crippen LogP contribution in [-0.4, -0.2) is 64.1 Å². The van der Waals surface area contributed by atoms with Crippen molar-refractivity contribution in [2.75, 3.05) is 18.5 Å². The van der Waals surface area contributed by atoms with E-state index < -0.39 is 14.2 Å². The number of amides is 4. The molecule has 3 heterocycles. The average Bonchev–Trinajstić information content (AvgIpc) is 3.69. The Bertz CT molecular complexity index is 1730. The van der Waals surface area contributed by atoms with Crippen LogP contribution >= 0.6 is 0 Å². The first-order valence-corrected chi connectivity index (χ1v) is 18.0. The van der Waals surface area contributed by atoms with Crippen molar-refractivity contribution in [1.29, 1.82) is 0 Å². The number of carbonyl (C=O) groups is 4. The van der Waals surface area contributed by atoms with E-state index >= 15 is 0 Å². The third-order valence-corrected chi connectivity index (χ3v) is 13.4. The molecular weight excluding hydrogens is 588 g/mol. The van der Waals surface area contributed by atoms with Crippen molar-refractivity contribution in [2.45, 2.75) is 64.3 Å². The van der Waals surface area contributed by atoms with Crippen molar-refractivity contribution in [3.63, 3.8) is 0 Å². The fourth-order valence-corrected chi connectivity index (χ4v) is 6.17. The summed E-state index contributed by atoms with van der Waals surface area (Å²) < 4.78 is 10.6. The van der Waals surface area contributed by atoms with Crippen LogP contribution in [0.15, 0.2) is 67.3 Å². The molecule has 4 aromatic rings. The highest BCUT2D eigenvalue weighted by Crippen LogP contribution is 2.37. The second kappa shape index (κ2) is 12.4. The molecule has 2 aromatic heterocycles. The molecule has 0 bridgehead atoms. The van der Waals surface area contributed by atoms with Crippen LogP contribution in [0.3, 0.4) is 0 Å². The summed E-state index contributed by atoms with van der Waals surface area (Å²) in [5.74, 6) is -1.63. The molecule has 4 amide bonds. The number of hydrogen-bond acceptors (Lipinski definition) is 6. The zero-order chi connectivity index (χ0) is 32.5. The Kier molecular flexibility index (Phi) is 8.81. The number of fused-ring (bicyclic) bond motifs is 2. The summed E-state index contributed by atoms with van der Waals surface area (Å²) in [7, 11) is -2.03. The van der Waals surface area contributed by atoms with Crippen LogP contribution in [0.2, 0.25) is 18.1 Å². The van der Waals surface area contributed by atoms with E-state index in [-0.39, 0.29) is 47.5 Å². The number of carbonyl (C=O) groups excluding carboxylic acids is 4. The van der Waals surface area contributed by atoms with Gasteiger partial charge in [-0.05, 0) is 60.3 Å². The summed E-state index contributed by atoms with van der Waals surface area (Å²) in [4.78, 5) is 55.1. The largest absolute Gasteiger partial charge is 0.415 e. The van der Waals surface area contributed by atoms with Crippen molar-refractivity contribution >= 4 is 48.5 Å². The molecule has 12 heteroatoms. The molecule has 1 atom stereocenters. The van der Waals surface area contributed by atoms with Gasteiger partial charge in [0.25, 0.3) is 17.7 Å². The van der Waals surface area contributed by atoms with Crippen LogP contribution in [-0.2, 0) is 15.8 Å². The summed E-state index contributed by atoms with van der Waals surface area (Å²) in [6, 6.07) is 14.3. The summed E-state index contributed by atoms with van der Waals surface area (Å²) in [6.07, 6.45) is 5.99. The van der Waals surface area contributed by atoms with Crippen molar-refractivity contribution in [3.05, 3.63) is 84.1 Å². The van der Waals surface area contributed by atoms with Gasteiger partial charge in [-0.2, -0.15) is 0 Å². The van der Waals surface area contributed by atoms with Crippen LogP contribution in [0.1, 0.15) is 70.9 Å². The third kappa shape index (κ3) is 6.76. The number of nitrogens with two attached hydrogens (primary N) is 1. The normalized spacial score (nSPS) is 14.2. The number of aromatic nitrogens is 3. The number of nitrogens with zero attached hydrogens (tertiary/aromatic N) is 4. The van der Waals surface area contributed by atoms with Gasteiger partial charge in [0.15, 0.2) is 8.32 Å². The van der Waals surface area contributed by atoms with Gasteiger partial charge in [-0.3, -0.25) is 24.1 Å². The predicted octanol–water partition coefficient (Wildman–Crippen LogP) is 5.21. The first-order chi connectivity index (χ1) is 21.2. The lowest BCUT2D eigenvalue weighted by atomic mass is 10.1. The van der Waals surface area contributed by atoms with Gasteiger partial charge in [0.05, 0.1) is 35.6 Å². The number of hydrogen-bond donors (Lipinski definition) is 2. The summed E-state index contributed by atoms with van der Waals surface area (Å²) in [5.41, 5.74) is 7.97. The number of benzene rings is 2. The van der Waals surface area contributed by atoms with E-state index in [4.69, 9.17) is 10.2 Å². The molecule has 11 nitrogen and oxygen atoms in total. The van der Waals surface area contributed by atoms with Crippen molar-refractivity contribution in [3.8, 4) is 0 Å². The monoisotopic (exact) mass is 628 g/mol. The molecule has 0 saturated carbocycles. The molecule has 236 valence electrons. The minimum absolute atomic E-state index is 0.000848. The molecule has 0 radical (unpaired) electrons. The second-order valence-corrected chi connectivity index (χ2v) is 17.8. The maximum atomic E-state index is 12.8. The minimum Gasteiger partial charge on any atom is -0.415 e. The Morgan fingerprint density at radius 2 is 1.71 bits per heavy atom. The molecule has 0 aliphatic carbocycles. The summed E-state index contributed by atoms with van der Waals surface area (Å²) in [5, 5.41) is 3.98. The highest BCUT2D eigenvalue weighted by molar-refractivity contribution is 6.74. The van der Waals surface area contributed by atoms with E-state index in [1.54, 1.807) is 36.8 Å². The first-order valence-electron chi connectivity index (χ1n) is 15.1. The minimum atomic E-state index is -2.03. The molecule has 1 aliphatic heterocycles. The molecular formula is C33H40N6O5Si. The van der Waals surface area contributed by atoms with Gasteiger partial charge in [-0.25, -0.2) is 4.98 Å². The SMILES string of the molecule is CC(C)(C)[Si](C)(C)OCC(CCn1ccc2ccc(NC(=O)CCN3C(=O)c4ccccc4C3=O)cc21)n1cnc(C(N)=O)c1. The zero-order valence-corrected chi connectivity index (χ0v) is 27.4. The van der Waals surface area contributed by atoms with Gasteiger partial charge in [-0.1, -0.05) is 39.0 Å². The van der Waals surface area contributed by atoms with E-state index in [9.17, 15) is 19.2 Å². The fourth-order valence-electron chi connectivity index (χ4n) is 5.13. The molecule has 3 N–H and O–H groups in total. The molecule has 1 unspecified atom stereocenters. The lowest BCUT2D eigenvalue weighted by Crippen LogP contribution is -2.42. The van der Waals surface area contributed by atoms with Gasteiger partial charge >= 0.3 is 0 Å². The van der Waals surface area contributed by atoms with Crippen molar-refractivity contribution in [1.82, 2.24) is 19.0 Å². The van der Waals surface area contributed by atoms with Crippen molar-refractivity contribution < 1.29 is 23.6 Å². The maximum Gasteiger partial charge on any atom is 0.268 e. The maximum absolute atomic E-state index is 12.8. The molecule has 0 spiro atoms.